The summed E-state index contributed by atoms with van der Waals surface area (Å²) in [5.41, 5.74) is 2.54. The summed E-state index contributed by atoms with van der Waals surface area (Å²) in [5.74, 6) is 0.536. The third kappa shape index (κ3) is 5.56. The molecule has 0 spiro atoms. The van der Waals surface area contributed by atoms with Crippen LogP contribution in [0.4, 0.5) is 0 Å². The van der Waals surface area contributed by atoms with E-state index in [1.807, 2.05) is 67.5 Å². The van der Waals surface area contributed by atoms with Crippen molar-refractivity contribution < 1.29 is 9.84 Å². The van der Waals surface area contributed by atoms with E-state index in [-0.39, 0.29) is 18.0 Å². The third-order valence-corrected chi connectivity index (χ3v) is 5.00. The van der Waals surface area contributed by atoms with E-state index in [9.17, 15) is 9.90 Å². The smallest absolute Gasteiger partial charge is 0.258 e. The van der Waals surface area contributed by atoms with Crippen molar-refractivity contribution in [3.8, 4) is 11.4 Å². The lowest BCUT2D eigenvalue weighted by Crippen LogP contribution is -2.29. The molecule has 1 atom stereocenters. The van der Waals surface area contributed by atoms with Gasteiger partial charge in [0.25, 0.3) is 5.56 Å². The number of benzene rings is 2. The minimum absolute atomic E-state index is 0. The van der Waals surface area contributed by atoms with Gasteiger partial charge in [-0.25, -0.2) is 0 Å². The van der Waals surface area contributed by atoms with Crippen LogP contribution in [0.2, 0.25) is 0 Å². The summed E-state index contributed by atoms with van der Waals surface area (Å²) in [6, 6.07) is 18.8. The summed E-state index contributed by atoms with van der Waals surface area (Å²) in [6.45, 7) is 1.39. The number of ether oxygens (including phenoxy) is 1. The molecule has 168 valence electrons. The zero-order valence-corrected chi connectivity index (χ0v) is 18.9. The molecule has 2 heterocycles. The van der Waals surface area contributed by atoms with E-state index in [1.54, 1.807) is 27.7 Å². The van der Waals surface area contributed by atoms with Gasteiger partial charge in [-0.15, -0.1) is 12.4 Å². The van der Waals surface area contributed by atoms with Crippen molar-refractivity contribution in [3.05, 3.63) is 89.0 Å². The van der Waals surface area contributed by atoms with E-state index in [4.69, 9.17) is 4.74 Å². The molecular formula is C24H27ClN4O3. The average Bonchev–Trinajstić information content (AvgIpc) is 3.14. The van der Waals surface area contributed by atoms with Crippen molar-refractivity contribution in [1.29, 1.82) is 0 Å². The van der Waals surface area contributed by atoms with Crippen LogP contribution in [-0.4, -0.2) is 51.1 Å². The Kier molecular flexibility index (Phi) is 7.69. The average molecular weight is 455 g/mol. The van der Waals surface area contributed by atoms with Gasteiger partial charge in [-0.2, -0.15) is 5.10 Å². The van der Waals surface area contributed by atoms with Crippen molar-refractivity contribution in [2.24, 2.45) is 0 Å². The van der Waals surface area contributed by atoms with Crippen molar-refractivity contribution in [2.45, 2.75) is 19.3 Å². The molecule has 2 aromatic carbocycles. The Bertz CT molecular complexity index is 1220. The number of rotatable bonds is 8. The Balaban J connectivity index is 0.00000289. The molecule has 0 saturated carbocycles. The highest BCUT2D eigenvalue weighted by Crippen LogP contribution is 2.19. The van der Waals surface area contributed by atoms with Gasteiger partial charge in [0.15, 0.2) is 0 Å². The van der Waals surface area contributed by atoms with E-state index in [0.29, 0.717) is 25.4 Å². The highest BCUT2D eigenvalue weighted by atomic mass is 35.5. The lowest BCUT2D eigenvalue weighted by molar-refractivity contribution is 0.117. The first-order valence-electron chi connectivity index (χ1n) is 10.2. The van der Waals surface area contributed by atoms with Crippen LogP contribution in [-0.2, 0) is 13.2 Å². The fraction of sp³-hybridized carbons (Fsp3) is 0.250. The van der Waals surface area contributed by atoms with Crippen LogP contribution in [0.3, 0.4) is 0 Å². The molecule has 0 aliphatic carbocycles. The van der Waals surface area contributed by atoms with Gasteiger partial charge < -0.3 is 14.7 Å². The highest BCUT2D eigenvalue weighted by molar-refractivity contribution is 5.85. The minimum atomic E-state index is -0.510. The Morgan fingerprint density at radius 3 is 2.59 bits per heavy atom. The predicted molar refractivity (Wildman–Crippen MR) is 128 cm³/mol. The predicted octanol–water partition coefficient (Wildman–Crippen LogP) is 3.11. The molecule has 0 bridgehead atoms. The van der Waals surface area contributed by atoms with Gasteiger partial charge in [0.1, 0.15) is 12.4 Å². The number of pyridine rings is 1. The van der Waals surface area contributed by atoms with Crippen LogP contribution >= 0.6 is 12.4 Å². The SMILES string of the molecule is CN(C)C[C@@H](O)Cn1ncc2cc(-n3ccc(OCc4ccccc4)cc3=O)ccc21.Cl. The lowest BCUT2D eigenvalue weighted by Gasteiger charge is -2.16. The zero-order valence-electron chi connectivity index (χ0n) is 18.1. The maximum Gasteiger partial charge on any atom is 0.258 e. The van der Waals surface area contributed by atoms with Crippen LogP contribution in [0.25, 0.3) is 16.6 Å². The van der Waals surface area contributed by atoms with Gasteiger partial charge in [0.05, 0.1) is 24.4 Å². The van der Waals surface area contributed by atoms with Crippen LogP contribution in [0, 0.1) is 0 Å². The fourth-order valence-corrected chi connectivity index (χ4v) is 3.55. The molecule has 0 radical (unpaired) electrons. The molecule has 4 aromatic rings. The van der Waals surface area contributed by atoms with Gasteiger partial charge >= 0.3 is 0 Å². The maximum atomic E-state index is 12.7. The molecule has 0 aliphatic rings. The first-order valence-corrected chi connectivity index (χ1v) is 10.2. The quantitative estimate of drug-likeness (QED) is 0.443. The number of aliphatic hydroxyl groups excluding tert-OH is 1. The van der Waals surface area contributed by atoms with E-state index < -0.39 is 6.10 Å². The normalized spacial score (nSPS) is 12.0. The summed E-state index contributed by atoms with van der Waals surface area (Å²) in [7, 11) is 3.85. The Labute approximate surface area is 192 Å². The fourth-order valence-electron chi connectivity index (χ4n) is 3.55. The first-order chi connectivity index (χ1) is 15.0. The van der Waals surface area contributed by atoms with Crippen LogP contribution in [0.1, 0.15) is 5.56 Å². The highest BCUT2D eigenvalue weighted by Gasteiger charge is 2.11. The Morgan fingerprint density at radius 1 is 1.09 bits per heavy atom. The van der Waals surface area contributed by atoms with Gasteiger partial charge in [-0.05, 0) is 43.9 Å². The number of aliphatic hydroxyl groups is 1. The number of fused-ring (bicyclic) bond motifs is 1. The second-order valence-electron chi connectivity index (χ2n) is 7.83. The van der Waals surface area contributed by atoms with Crippen molar-refractivity contribution in [1.82, 2.24) is 19.2 Å². The molecule has 0 aliphatic heterocycles. The largest absolute Gasteiger partial charge is 0.489 e. The van der Waals surface area contributed by atoms with Crippen LogP contribution < -0.4 is 10.3 Å². The lowest BCUT2D eigenvalue weighted by atomic mass is 10.2. The number of aromatic nitrogens is 3. The Morgan fingerprint density at radius 2 is 1.88 bits per heavy atom. The van der Waals surface area contributed by atoms with Gasteiger partial charge in [0, 0.05) is 29.9 Å². The van der Waals surface area contributed by atoms with Crippen molar-refractivity contribution >= 4 is 23.3 Å². The van der Waals surface area contributed by atoms with Crippen molar-refractivity contribution in [3.63, 3.8) is 0 Å². The number of likely N-dealkylation sites (N-methyl/N-ethyl adjacent to an activating group) is 1. The molecule has 2 aromatic heterocycles. The molecule has 0 amide bonds. The first kappa shape index (κ1) is 23.5. The Hall–Kier alpha value is -3.13. The number of hydrogen-bond donors (Lipinski definition) is 1. The second-order valence-corrected chi connectivity index (χ2v) is 7.83. The molecule has 4 rings (SSSR count). The number of nitrogens with zero attached hydrogens (tertiary/aromatic N) is 4. The summed E-state index contributed by atoms with van der Waals surface area (Å²) in [5, 5.41) is 15.5. The van der Waals surface area contributed by atoms with Crippen LogP contribution in [0.5, 0.6) is 5.75 Å². The van der Waals surface area contributed by atoms with Crippen molar-refractivity contribution in [2.75, 3.05) is 20.6 Å². The molecule has 0 saturated heterocycles. The van der Waals surface area contributed by atoms with Crippen LogP contribution in [0.15, 0.2) is 77.9 Å². The second kappa shape index (κ2) is 10.5. The molecule has 1 N–H and O–H groups in total. The summed E-state index contributed by atoms with van der Waals surface area (Å²) in [6.07, 6.45) is 2.96. The standard InChI is InChI=1S/C24H26N4O3.ClH/c1-26(2)15-21(29)16-28-23-9-8-20(12-19(23)14-25-28)27-11-10-22(13-24(27)30)31-17-18-6-4-3-5-7-18;/h3-14,21,29H,15-17H2,1-2H3;1H/t21-;/m1./s1. The summed E-state index contributed by atoms with van der Waals surface area (Å²) >= 11 is 0. The molecule has 0 fully saturated rings. The molecule has 8 heteroatoms. The molecule has 32 heavy (non-hydrogen) atoms. The molecule has 0 unspecified atom stereocenters. The number of hydrogen-bond acceptors (Lipinski definition) is 5. The number of halogens is 1. The summed E-state index contributed by atoms with van der Waals surface area (Å²) in [4.78, 5) is 14.6. The van der Waals surface area contributed by atoms with Gasteiger partial charge in [-0.1, -0.05) is 30.3 Å². The topological polar surface area (TPSA) is 72.5 Å². The zero-order chi connectivity index (χ0) is 21.8. The van der Waals surface area contributed by atoms with E-state index >= 15 is 0 Å². The van der Waals surface area contributed by atoms with E-state index in [1.165, 1.54) is 6.07 Å². The molecular weight excluding hydrogens is 428 g/mol. The molecule has 7 nitrogen and oxygen atoms in total. The van der Waals surface area contributed by atoms with E-state index in [2.05, 4.69) is 5.10 Å². The van der Waals surface area contributed by atoms with Gasteiger partial charge in [0.2, 0.25) is 0 Å². The van der Waals surface area contributed by atoms with Gasteiger partial charge in [-0.3, -0.25) is 14.0 Å². The minimum Gasteiger partial charge on any atom is -0.489 e. The van der Waals surface area contributed by atoms with E-state index in [0.717, 1.165) is 22.2 Å². The third-order valence-electron chi connectivity index (χ3n) is 5.00. The monoisotopic (exact) mass is 454 g/mol. The maximum absolute atomic E-state index is 12.7. The summed E-state index contributed by atoms with van der Waals surface area (Å²) < 4.78 is 9.11.